The number of aliphatic imine (C=N–C) groups is 1. The lowest BCUT2D eigenvalue weighted by atomic mass is 10.2. The van der Waals surface area contributed by atoms with Gasteiger partial charge >= 0.3 is 12.7 Å². The van der Waals surface area contributed by atoms with Crippen LogP contribution in [-0.2, 0) is 11.3 Å². The maximum atomic E-state index is 14.1. The van der Waals surface area contributed by atoms with Crippen molar-refractivity contribution in [3.05, 3.63) is 29.6 Å². The summed E-state index contributed by atoms with van der Waals surface area (Å²) in [6.45, 7) is 4.29. The minimum Gasteiger partial charge on any atom is -0.444 e. The standard InChI is InChI=1S/C19H25F3N4O3.HI/c1-19(2,3)29-18(27)25-7-8-26-12(11-25)9-23-17(26)24-10-13-14(20)5-4-6-15(13)28-16(21)22;/h4-6,12,16H,7-11H2,1-3H3,(H,23,24);1H. The number of alkyl halides is 2. The Morgan fingerprint density at radius 2 is 2.07 bits per heavy atom. The summed E-state index contributed by atoms with van der Waals surface area (Å²) in [7, 11) is 0. The third kappa shape index (κ3) is 6.05. The Labute approximate surface area is 190 Å². The van der Waals surface area contributed by atoms with Gasteiger partial charge in [-0.25, -0.2) is 9.18 Å². The van der Waals surface area contributed by atoms with E-state index in [2.05, 4.69) is 15.0 Å². The number of benzene rings is 1. The number of carbonyl (C=O) groups is 1. The largest absolute Gasteiger partial charge is 0.444 e. The van der Waals surface area contributed by atoms with E-state index in [1.165, 1.54) is 18.2 Å². The molecule has 1 unspecified atom stereocenters. The van der Waals surface area contributed by atoms with Crippen LogP contribution in [0.5, 0.6) is 5.75 Å². The fourth-order valence-electron chi connectivity index (χ4n) is 3.31. The lowest BCUT2D eigenvalue weighted by Crippen LogP contribution is -2.57. The Kier molecular flexibility index (Phi) is 8.06. The van der Waals surface area contributed by atoms with Crippen molar-refractivity contribution in [1.82, 2.24) is 15.1 Å². The second-order valence-electron chi connectivity index (χ2n) is 7.89. The first-order chi connectivity index (χ1) is 13.6. The molecule has 11 heteroatoms. The molecule has 0 saturated carbocycles. The zero-order valence-corrected chi connectivity index (χ0v) is 19.4. The highest BCUT2D eigenvalue weighted by molar-refractivity contribution is 14.0. The molecule has 1 aromatic carbocycles. The van der Waals surface area contributed by atoms with E-state index in [9.17, 15) is 18.0 Å². The molecule has 1 amide bonds. The van der Waals surface area contributed by atoms with Crippen molar-refractivity contribution < 1.29 is 27.4 Å². The van der Waals surface area contributed by atoms with E-state index < -0.39 is 18.0 Å². The SMILES string of the molecule is CC(C)(C)OC(=O)N1CCN2C(NCc3c(F)cccc3OC(F)F)=NCC2C1.I. The van der Waals surface area contributed by atoms with E-state index in [-0.39, 0.29) is 54.0 Å². The summed E-state index contributed by atoms with van der Waals surface area (Å²) < 4.78 is 49.0. The first-order valence-corrected chi connectivity index (χ1v) is 9.39. The molecule has 2 aliphatic heterocycles. The normalized spacial score (nSPS) is 18.5. The van der Waals surface area contributed by atoms with Gasteiger partial charge in [-0.3, -0.25) is 4.99 Å². The van der Waals surface area contributed by atoms with Crippen LogP contribution in [0, 0.1) is 5.82 Å². The van der Waals surface area contributed by atoms with Gasteiger partial charge in [0.05, 0.1) is 12.6 Å². The first-order valence-electron chi connectivity index (χ1n) is 9.39. The molecule has 1 saturated heterocycles. The van der Waals surface area contributed by atoms with Gasteiger partial charge in [-0.15, -0.1) is 24.0 Å². The Hall–Kier alpha value is -1.92. The van der Waals surface area contributed by atoms with Gasteiger partial charge in [-0.2, -0.15) is 8.78 Å². The summed E-state index contributed by atoms with van der Waals surface area (Å²) in [5, 5.41) is 3.01. The molecule has 1 atom stereocenters. The summed E-state index contributed by atoms with van der Waals surface area (Å²) in [5.74, 6) is -0.303. The molecule has 1 fully saturated rings. The summed E-state index contributed by atoms with van der Waals surface area (Å²) in [6.07, 6.45) is -0.362. The van der Waals surface area contributed by atoms with Crippen molar-refractivity contribution in [2.24, 2.45) is 4.99 Å². The van der Waals surface area contributed by atoms with Crippen LogP contribution in [0.1, 0.15) is 26.3 Å². The van der Waals surface area contributed by atoms with Crippen LogP contribution >= 0.6 is 24.0 Å². The molecule has 1 aromatic rings. The molecule has 2 aliphatic rings. The Morgan fingerprint density at radius 3 is 2.73 bits per heavy atom. The fraction of sp³-hybridized carbons (Fsp3) is 0.579. The summed E-state index contributed by atoms with van der Waals surface area (Å²) >= 11 is 0. The van der Waals surface area contributed by atoms with Crippen molar-refractivity contribution in [3.8, 4) is 5.75 Å². The summed E-state index contributed by atoms with van der Waals surface area (Å²) in [5.41, 5.74) is -0.559. The lowest BCUT2D eigenvalue weighted by Gasteiger charge is -2.39. The predicted molar refractivity (Wildman–Crippen MR) is 116 cm³/mol. The molecule has 0 spiro atoms. The third-order valence-corrected chi connectivity index (χ3v) is 4.57. The minimum atomic E-state index is -3.04. The number of amides is 1. The van der Waals surface area contributed by atoms with Crippen LogP contribution in [0.3, 0.4) is 0 Å². The molecule has 1 N–H and O–H groups in total. The number of ether oxygens (including phenoxy) is 2. The van der Waals surface area contributed by atoms with Gasteiger partial charge in [-0.1, -0.05) is 6.07 Å². The smallest absolute Gasteiger partial charge is 0.410 e. The van der Waals surface area contributed by atoms with Crippen LogP contribution < -0.4 is 10.1 Å². The van der Waals surface area contributed by atoms with Gasteiger partial charge < -0.3 is 24.6 Å². The first kappa shape index (κ1) is 24.4. The highest BCUT2D eigenvalue weighted by Gasteiger charge is 2.36. The number of fused-ring (bicyclic) bond motifs is 1. The third-order valence-electron chi connectivity index (χ3n) is 4.57. The molecule has 168 valence electrons. The van der Waals surface area contributed by atoms with E-state index in [1.807, 2.05) is 25.7 Å². The zero-order chi connectivity index (χ0) is 21.2. The van der Waals surface area contributed by atoms with Gasteiger partial charge in [0, 0.05) is 31.7 Å². The topological polar surface area (TPSA) is 66.4 Å². The molecule has 0 aliphatic carbocycles. The second kappa shape index (κ2) is 9.92. The molecular formula is C19H26F3IN4O3. The average Bonchev–Trinajstić information content (AvgIpc) is 3.01. The van der Waals surface area contributed by atoms with Crippen LogP contribution in [0.2, 0.25) is 0 Å². The number of nitrogens with one attached hydrogen (secondary N) is 1. The quantitative estimate of drug-likeness (QED) is 0.591. The molecule has 2 heterocycles. The van der Waals surface area contributed by atoms with Crippen molar-refractivity contribution in [3.63, 3.8) is 0 Å². The van der Waals surface area contributed by atoms with Gasteiger partial charge in [-0.05, 0) is 32.9 Å². The zero-order valence-electron chi connectivity index (χ0n) is 17.0. The maximum Gasteiger partial charge on any atom is 0.410 e. The number of guanidine groups is 1. The Morgan fingerprint density at radius 1 is 1.33 bits per heavy atom. The molecule has 3 rings (SSSR count). The van der Waals surface area contributed by atoms with Crippen molar-refractivity contribution in [1.29, 1.82) is 0 Å². The predicted octanol–water partition coefficient (Wildman–Crippen LogP) is 3.43. The summed E-state index contributed by atoms with van der Waals surface area (Å²) in [4.78, 5) is 20.3. The second-order valence-corrected chi connectivity index (χ2v) is 7.89. The molecule has 30 heavy (non-hydrogen) atoms. The Balaban J connectivity index is 0.00000320. The van der Waals surface area contributed by atoms with E-state index in [4.69, 9.17) is 4.74 Å². The molecule has 0 radical (unpaired) electrons. The summed E-state index contributed by atoms with van der Waals surface area (Å²) in [6, 6.07) is 3.78. The van der Waals surface area contributed by atoms with Crippen LogP contribution in [0.25, 0.3) is 0 Å². The van der Waals surface area contributed by atoms with Gasteiger partial charge in [0.2, 0.25) is 0 Å². The van der Waals surface area contributed by atoms with E-state index in [0.29, 0.717) is 32.1 Å². The lowest BCUT2D eigenvalue weighted by molar-refractivity contribution is -0.0506. The number of piperazine rings is 1. The number of halogens is 4. The van der Waals surface area contributed by atoms with Crippen molar-refractivity contribution >= 4 is 36.0 Å². The monoisotopic (exact) mass is 542 g/mol. The van der Waals surface area contributed by atoms with E-state index in [0.717, 1.165) is 0 Å². The number of hydrogen-bond donors (Lipinski definition) is 1. The average molecular weight is 542 g/mol. The number of rotatable bonds is 4. The molecule has 0 bridgehead atoms. The number of nitrogens with zero attached hydrogens (tertiary/aromatic N) is 3. The van der Waals surface area contributed by atoms with Crippen molar-refractivity contribution in [2.45, 2.75) is 45.6 Å². The molecule has 0 aromatic heterocycles. The van der Waals surface area contributed by atoms with Gasteiger partial charge in [0.15, 0.2) is 5.96 Å². The fourth-order valence-corrected chi connectivity index (χ4v) is 3.31. The highest BCUT2D eigenvalue weighted by Crippen LogP contribution is 2.24. The number of carbonyl (C=O) groups excluding carboxylic acids is 1. The van der Waals surface area contributed by atoms with Gasteiger partial charge in [0.1, 0.15) is 17.2 Å². The molecular weight excluding hydrogens is 516 g/mol. The van der Waals surface area contributed by atoms with Gasteiger partial charge in [0.25, 0.3) is 0 Å². The molecule has 7 nitrogen and oxygen atoms in total. The number of hydrogen-bond acceptors (Lipinski definition) is 6. The highest BCUT2D eigenvalue weighted by atomic mass is 127. The van der Waals surface area contributed by atoms with Crippen LogP contribution in [0.4, 0.5) is 18.0 Å². The van der Waals surface area contributed by atoms with E-state index >= 15 is 0 Å². The maximum absolute atomic E-state index is 14.1. The van der Waals surface area contributed by atoms with Crippen molar-refractivity contribution in [2.75, 3.05) is 26.2 Å². The van der Waals surface area contributed by atoms with Crippen LogP contribution in [0.15, 0.2) is 23.2 Å². The minimum absolute atomic E-state index is 0. The van der Waals surface area contributed by atoms with E-state index in [1.54, 1.807) is 4.90 Å². The Bertz CT molecular complexity index is 789. The van der Waals surface area contributed by atoms with Crippen LogP contribution in [-0.4, -0.2) is 66.3 Å².